The van der Waals surface area contributed by atoms with Gasteiger partial charge in [-0.25, -0.2) is 9.59 Å². The highest BCUT2D eigenvalue weighted by Gasteiger charge is 2.25. The van der Waals surface area contributed by atoms with E-state index in [1.54, 1.807) is 11.8 Å². The minimum absolute atomic E-state index is 0.240. The Kier molecular flexibility index (Phi) is 4.84. The lowest BCUT2D eigenvalue weighted by Crippen LogP contribution is -2.54. The van der Waals surface area contributed by atoms with Gasteiger partial charge in [0.2, 0.25) is 0 Å². The van der Waals surface area contributed by atoms with E-state index in [4.69, 9.17) is 0 Å². The Morgan fingerprint density at radius 1 is 1.25 bits per heavy atom. The monoisotopic (exact) mass is 348 g/mol. The molecule has 1 saturated heterocycles. The number of piperazine rings is 1. The van der Waals surface area contributed by atoms with E-state index < -0.39 is 12.0 Å². The van der Waals surface area contributed by atoms with Crippen LogP contribution in [-0.4, -0.2) is 60.6 Å². The van der Waals surface area contributed by atoms with Crippen LogP contribution in [-0.2, 0) is 9.53 Å². The molecule has 128 valence electrons. The molecule has 2 aromatic rings. The number of aromatic nitrogens is 1. The smallest absolute Gasteiger partial charge is 0.328 e. The number of carbonyl (C=O) groups excluding carboxylic acids is 2. The first-order valence-electron chi connectivity index (χ1n) is 7.83. The second kappa shape index (κ2) is 7.04. The number of urea groups is 1. The average molecular weight is 348 g/mol. The number of hydrogen-bond acceptors (Lipinski definition) is 6. The van der Waals surface area contributed by atoms with Crippen LogP contribution >= 0.6 is 11.5 Å². The van der Waals surface area contributed by atoms with Crippen LogP contribution in [0.5, 0.6) is 0 Å². The first kappa shape index (κ1) is 16.5. The van der Waals surface area contributed by atoms with Crippen molar-refractivity contribution in [1.29, 1.82) is 0 Å². The Morgan fingerprint density at radius 2 is 1.96 bits per heavy atom. The minimum Gasteiger partial charge on any atom is -0.467 e. The molecule has 7 nitrogen and oxygen atoms in total. The first-order valence-corrected chi connectivity index (χ1v) is 8.60. The molecule has 0 unspecified atom stereocenters. The maximum Gasteiger partial charge on any atom is 0.328 e. The van der Waals surface area contributed by atoms with Crippen LogP contribution in [0.4, 0.5) is 10.6 Å². The quantitative estimate of drug-likeness (QED) is 0.855. The van der Waals surface area contributed by atoms with E-state index in [9.17, 15) is 9.59 Å². The zero-order chi connectivity index (χ0) is 17.1. The van der Waals surface area contributed by atoms with Gasteiger partial charge in [-0.15, -0.1) is 0 Å². The molecule has 8 heteroatoms. The molecule has 1 atom stereocenters. The maximum absolute atomic E-state index is 12.2. The number of methoxy groups -OCH3 is 1. The predicted octanol–water partition coefficient (Wildman–Crippen LogP) is 1.69. The largest absolute Gasteiger partial charge is 0.467 e. The molecule has 0 aliphatic carbocycles. The SMILES string of the molecule is COC(=O)[C@H](C)NC(=O)N1CCN(c2nsc3ccccc23)CC1. The number of fused-ring (bicyclic) bond motifs is 1. The van der Waals surface area contributed by atoms with Crippen LogP contribution < -0.4 is 10.2 Å². The highest BCUT2D eigenvalue weighted by molar-refractivity contribution is 7.13. The van der Waals surface area contributed by atoms with Crippen molar-refractivity contribution in [3.05, 3.63) is 24.3 Å². The molecule has 1 fully saturated rings. The molecular formula is C16H20N4O3S. The number of ether oxygens (including phenoxy) is 1. The molecule has 1 N–H and O–H groups in total. The van der Waals surface area contributed by atoms with Gasteiger partial charge >= 0.3 is 12.0 Å². The molecular weight excluding hydrogens is 328 g/mol. The summed E-state index contributed by atoms with van der Waals surface area (Å²) in [6, 6.07) is 7.27. The van der Waals surface area contributed by atoms with Gasteiger partial charge in [-0.2, -0.15) is 4.37 Å². The molecule has 24 heavy (non-hydrogen) atoms. The fraction of sp³-hybridized carbons (Fsp3) is 0.438. The Bertz CT molecular complexity index is 740. The molecule has 0 spiro atoms. The molecule has 1 aliphatic heterocycles. The van der Waals surface area contributed by atoms with Crippen molar-refractivity contribution >= 4 is 39.4 Å². The number of benzene rings is 1. The highest BCUT2D eigenvalue weighted by atomic mass is 32.1. The van der Waals surface area contributed by atoms with E-state index in [1.807, 2.05) is 12.1 Å². The van der Waals surface area contributed by atoms with Crippen LogP contribution in [0.3, 0.4) is 0 Å². The Hall–Kier alpha value is -2.35. The molecule has 1 aromatic carbocycles. The average Bonchev–Trinajstić information content (AvgIpc) is 3.05. The lowest BCUT2D eigenvalue weighted by atomic mass is 10.2. The fourth-order valence-electron chi connectivity index (χ4n) is 2.73. The highest BCUT2D eigenvalue weighted by Crippen LogP contribution is 2.29. The second-order valence-corrected chi connectivity index (χ2v) is 6.48. The minimum atomic E-state index is -0.650. The van der Waals surface area contributed by atoms with Gasteiger partial charge in [0.1, 0.15) is 11.9 Å². The van der Waals surface area contributed by atoms with Crippen LogP contribution in [0.15, 0.2) is 24.3 Å². The lowest BCUT2D eigenvalue weighted by molar-refractivity contribution is -0.142. The van der Waals surface area contributed by atoms with E-state index in [0.29, 0.717) is 26.2 Å². The van der Waals surface area contributed by atoms with Crippen molar-refractivity contribution in [2.45, 2.75) is 13.0 Å². The molecule has 3 rings (SSSR count). The lowest BCUT2D eigenvalue weighted by Gasteiger charge is -2.35. The topological polar surface area (TPSA) is 74.8 Å². The number of esters is 1. The summed E-state index contributed by atoms with van der Waals surface area (Å²) in [6.45, 7) is 4.22. The van der Waals surface area contributed by atoms with Crippen molar-refractivity contribution in [2.75, 3.05) is 38.2 Å². The van der Waals surface area contributed by atoms with Crippen molar-refractivity contribution < 1.29 is 14.3 Å². The van der Waals surface area contributed by atoms with Gasteiger partial charge in [0.15, 0.2) is 0 Å². The normalized spacial score (nSPS) is 16.1. The van der Waals surface area contributed by atoms with Crippen molar-refractivity contribution in [1.82, 2.24) is 14.6 Å². The molecule has 0 radical (unpaired) electrons. The van der Waals surface area contributed by atoms with Crippen molar-refractivity contribution in [3.8, 4) is 0 Å². The van der Waals surface area contributed by atoms with Crippen LogP contribution in [0.25, 0.3) is 10.1 Å². The number of nitrogens with zero attached hydrogens (tertiary/aromatic N) is 3. The number of anilines is 1. The van der Waals surface area contributed by atoms with Gasteiger partial charge in [0, 0.05) is 31.6 Å². The number of nitrogens with one attached hydrogen (secondary N) is 1. The van der Waals surface area contributed by atoms with Crippen molar-refractivity contribution in [3.63, 3.8) is 0 Å². The number of hydrogen-bond donors (Lipinski definition) is 1. The van der Waals surface area contributed by atoms with Gasteiger partial charge in [-0.1, -0.05) is 12.1 Å². The third-order valence-electron chi connectivity index (χ3n) is 4.12. The summed E-state index contributed by atoms with van der Waals surface area (Å²) in [5, 5.41) is 3.81. The Labute approximate surface area is 144 Å². The Balaban J connectivity index is 1.59. The van der Waals surface area contributed by atoms with E-state index in [-0.39, 0.29) is 6.03 Å². The number of amides is 2. The summed E-state index contributed by atoms with van der Waals surface area (Å²) < 4.78 is 10.3. The Morgan fingerprint density at radius 3 is 2.67 bits per heavy atom. The molecule has 0 saturated carbocycles. The summed E-state index contributed by atoms with van der Waals surface area (Å²) >= 11 is 1.49. The number of rotatable bonds is 3. The summed E-state index contributed by atoms with van der Waals surface area (Å²) in [6.07, 6.45) is 0. The molecule has 1 aliphatic rings. The third kappa shape index (κ3) is 3.28. The summed E-state index contributed by atoms with van der Waals surface area (Å²) in [7, 11) is 1.31. The first-order chi connectivity index (χ1) is 11.6. The van der Waals surface area contributed by atoms with Gasteiger partial charge in [-0.3, -0.25) is 0 Å². The number of carbonyl (C=O) groups is 2. The standard InChI is InChI=1S/C16H20N4O3S/c1-11(15(21)23-2)17-16(22)20-9-7-19(8-10-20)14-12-5-3-4-6-13(12)24-18-14/h3-6,11H,7-10H2,1-2H3,(H,17,22)/t11-/m0/s1. The fourth-order valence-corrected chi connectivity index (χ4v) is 3.53. The zero-order valence-corrected chi connectivity index (χ0v) is 14.5. The van der Waals surface area contributed by atoms with Gasteiger partial charge < -0.3 is 19.9 Å². The third-order valence-corrected chi connectivity index (χ3v) is 4.94. The molecule has 2 amide bonds. The van der Waals surface area contributed by atoms with Crippen LogP contribution in [0.1, 0.15) is 6.92 Å². The predicted molar refractivity (Wildman–Crippen MR) is 93.4 cm³/mol. The van der Waals surface area contributed by atoms with Gasteiger partial charge in [0.05, 0.1) is 11.8 Å². The van der Waals surface area contributed by atoms with Crippen LogP contribution in [0.2, 0.25) is 0 Å². The van der Waals surface area contributed by atoms with E-state index in [2.05, 4.69) is 31.5 Å². The molecule has 1 aromatic heterocycles. The van der Waals surface area contributed by atoms with E-state index >= 15 is 0 Å². The van der Waals surface area contributed by atoms with Crippen molar-refractivity contribution in [2.24, 2.45) is 0 Å². The summed E-state index contributed by atoms with van der Waals surface area (Å²) in [5.74, 6) is 0.537. The second-order valence-electron chi connectivity index (χ2n) is 5.67. The molecule has 0 bridgehead atoms. The van der Waals surface area contributed by atoms with E-state index in [1.165, 1.54) is 23.3 Å². The van der Waals surface area contributed by atoms with Gasteiger partial charge in [0.25, 0.3) is 0 Å². The summed E-state index contributed by atoms with van der Waals surface area (Å²) in [4.78, 5) is 27.5. The van der Waals surface area contributed by atoms with Crippen LogP contribution in [0, 0.1) is 0 Å². The zero-order valence-electron chi connectivity index (χ0n) is 13.7. The maximum atomic E-state index is 12.2. The summed E-state index contributed by atoms with van der Waals surface area (Å²) in [5.41, 5.74) is 0. The van der Waals surface area contributed by atoms with E-state index in [0.717, 1.165) is 11.2 Å². The van der Waals surface area contributed by atoms with Gasteiger partial charge in [-0.05, 0) is 30.6 Å². The molecule has 2 heterocycles.